The topological polar surface area (TPSA) is 69.3 Å². The van der Waals surface area contributed by atoms with Crippen molar-refractivity contribution in [1.82, 2.24) is 0 Å². The summed E-state index contributed by atoms with van der Waals surface area (Å²) in [6, 6.07) is 10.7. The van der Waals surface area contributed by atoms with E-state index >= 15 is 0 Å². The molecular formula is C18H18BrN3O2. The molecule has 0 atom stereocenters. The quantitative estimate of drug-likeness (QED) is 0.846. The zero-order valence-corrected chi connectivity index (χ0v) is 15.0. The van der Waals surface area contributed by atoms with Crippen molar-refractivity contribution in [1.29, 1.82) is 5.26 Å². The maximum atomic E-state index is 12.4. The highest BCUT2D eigenvalue weighted by Crippen LogP contribution is 2.33. The minimum atomic E-state index is -0.356. The number of hydrogen-bond acceptors (Lipinski definition) is 4. The minimum Gasteiger partial charge on any atom is -0.440 e. The van der Waals surface area contributed by atoms with Gasteiger partial charge in [-0.3, -0.25) is 4.79 Å². The van der Waals surface area contributed by atoms with Gasteiger partial charge < -0.3 is 14.6 Å². The fourth-order valence-corrected chi connectivity index (χ4v) is 3.17. The van der Waals surface area contributed by atoms with Crippen molar-refractivity contribution in [2.75, 3.05) is 23.3 Å². The normalized spacial score (nSPS) is 15.1. The van der Waals surface area contributed by atoms with E-state index < -0.39 is 0 Å². The van der Waals surface area contributed by atoms with Crippen LogP contribution >= 0.6 is 15.9 Å². The number of rotatable bonds is 3. The Balaban J connectivity index is 1.82. The number of carbonyl (C=O) groups is 1. The van der Waals surface area contributed by atoms with Gasteiger partial charge in [-0.15, -0.1) is 0 Å². The van der Waals surface area contributed by atoms with Crippen molar-refractivity contribution in [3.05, 3.63) is 46.3 Å². The summed E-state index contributed by atoms with van der Waals surface area (Å²) in [5.74, 6) is 0.637. The molecular weight excluding hydrogens is 370 g/mol. The highest BCUT2D eigenvalue weighted by atomic mass is 79.9. The highest BCUT2D eigenvalue weighted by Gasteiger charge is 2.20. The van der Waals surface area contributed by atoms with Gasteiger partial charge in [-0.2, -0.15) is 5.26 Å². The van der Waals surface area contributed by atoms with E-state index in [-0.39, 0.29) is 17.4 Å². The zero-order valence-electron chi connectivity index (χ0n) is 13.4. The van der Waals surface area contributed by atoms with Gasteiger partial charge in [-0.1, -0.05) is 22.9 Å². The second kappa shape index (κ2) is 7.10. The van der Waals surface area contributed by atoms with Crippen molar-refractivity contribution < 1.29 is 9.21 Å². The first-order valence-electron chi connectivity index (χ1n) is 7.92. The largest absolute Gasteiger partial charge is 0.440 e. The van der Waals surface area contributed by atoms with E-state index in [1.165, 1.54) is 12.1 Å². The van der Waals surface area contributed by atoms with Crippen molar-refractivity contribution in [3.63, 3.8) is 0 Å². The second-order valence-electron chi connectivity index (χ2n) is 6.06. The molecule has 1 fully saturated rings. The molecule has 1 aromatic heterocycles. The van der Waals surface area contributed by atoms with Gasteiger partial charge in [-0.05, 0) is 49.1 Å². The number of piperidine rings is 1. The number of halogens is 1. The number of amides is 1. The van der Waals surface area contributed by atoms with Gasteiger partial charge in [0.15, 0.2) is 5.76 Å². The maximum absolute atomic E-state index is 12.4. The molecule has 0 aliphatic carbocycles. The molecule has 2 aromatic rings. The fourth-order valence-electron chi connectivity index (χ4n) is 2.83. The molecule has 1 aliphatic heterocycles. The molecule has 5 nitrogen and oxygen atoms in total. The van der Waals surface area contributed by atoms with Crippen molar-refractivity contribution >= 4 is 33.2 Å². The van der Waals surface area contributed by atoms with Crippen LogP contribution in [0.1, 0.15) is 36.1 Å². The molecule has 1 amide bonds. The molecule has 0 bridgehead atoms. The minimum absolute atomic E-state index is 0.126. The molecule has 3 rings (SSSR count). The third-order valence-corrected chi connectivity index (χ3v) is 4.77. The van der Waals surface area contributed by atoms with Crippen LogP contribution in [0.2, 0.25) is 0 Å². The molecule has 6 heteroatoms. The summed E-state index contributed by atoms with van der Waals surface area (Å²) in [6.45, 7) is 4.21. The molecule has 1 N–H and O–H groups in total. The summed E-state index contributed by atoms with van der Waals surface area (Å²) >= 11 is 3.50. The lowest BCUT2D eigenvalue weighted by Crippen LogP contribution is -2.33. The third kappa shape index (κ3) is 3.62. The van der Waals surface area contributed by atoms with E-state index in [1.807, 2.05) is 24.3 Å². The summed E-state index contributed by atoms with van der Waals surface area (Å²) in [5, 5.41) is 11.7. The van der Waals surface area contributed by atoms with Crippen LogP contribution in [0.15, 0.2) is 39.2 Å². The van der Waals surface area contributed by atoms with E-state index in [0.29, 0.717) is 0 Å². The van der Waals surface area contributed by atoms with Gasteiger partial charge in [0.05, 0.1) is 11.4 Å². The number of nitriles is 1. The predicted molar refractivity (Wildman–Crippen MR) is 96.1 cm³/mol. The SMILES string of the molecule is CC1CCN(c2cc(Br)ccc2NC(=O)c2ccc(C#N)o2)CC1. The molecule has 0 saturated carbocycles. The lowest BCUT2D eigenvalue weighted by molar-refractivity contribution is 0.0996. The van der Waals surface area contributed by atoms with E-state index in [4.69, 9.17) is 9.68 Å². The Labute approximate surface area is 149 Å². The third-order valence-electron chi connectivity index (χ3n) is 4.27. The lowest BCUT2D eigenvalue weighted by atomic mass is 9.98. The van der Waals surface area contributed by atoms with E-state index in [1.54, 1.807) is 0 Å². The lowest BCUT2D eigenvalue weighted by Gasteiger charge is -2.33. The van der Waals surface area contributed by atoms with Gasteiger partial charge in [0.25, 0.3) is 5.91 Å². The smallest absolute Gasteiger partial charge is 0.291 e. The number of benzene rings is 1. The highest BCUT2D eigenvalue weighted by molar-refractivity contribution is 9.10. The molecule has 24 heavy (non-hydrogen) atoms. The molecule has 124 valence electrons. The number of hydrogen-bond donors (Lipinski definition) is 1. The standard InChI is InChI=1S/C18H18BrN3O2/c1-12-6-8-22(9-7-12)16-10-13(19)2-4-15(16)21-18(23)17-5-3-14(11-20)24-17/h2-5,10,12H,6-9H2,1H3,(H,21,23). The summed E-state index contributed by atoms with van der Waals surface area (Å²) in [5.41, 5.74) is 1.74. The van der Waals surface area contributed by atoms with Gasteiger partial charge in [0.1, 0.15) is 6.07 Å². The van der Waals surface area contributed by atoms with Crippen LogP contribution in [0.4, 0.5) is 11.4 Å². The first-order chi connectivity index (χ1) is 11.6. The zero-order chi connectivity index (χ0) is 17.1. The molecule has 0 spiro atoms. The summed E-state index contributed by atoms with van der Waals surface area (Å²) in [7, 11) is 0. The molecule has 1 aliphatic rings. The van der Waals surface area contributed by atoms with Crippen LogP contribution in [0, 0.1) is 17.2 Å². The Morgan fingerprint density at radius 2 is 2.08 bits per heavy atom. The van der Waals surface area contributed by atoms with Crippen LogP contribution in [-0.2, 0) is 0 Å². The van der Waals surface area contributed by atoms with Crippen LogP contribution in [0.3, 0.4) is 0 Å². The Morgan fingerprint density at radius 3 is 2.75 bits per heavy atom. The Hall–Kier alpha value is -2.26. The first kappa shape index (κ1) is 16.6. The van der Waals surface area contributed by atoms with Crippen LogP contribution in [0.5, 0.6) is 0 Å². The van der Waals surface area contributed by atoms with Crippen LogP contribution in [0.25, 0.3) is 0 Å². The fraction of sp³-hybridized carbons (Fsp3) is 0.333. The Morgan fingerprint density at radius 1 is 1.33 bits per heavy atom. The van der Waals surface area contributed by atoms with Gasteiger partial charge in [-0.25, -0.2) is 0 Å². The Bertz CT molecular complexity index is 786. The number of furan rings is 1. The molecule has 2 heterocycles. The number of nitrogens with zero attached hydrogens (tertiary/aromatic N) is 2. The average molecular weight is 388 g/mol. The van der Waals surface area contributed by atoms with E-state index in [0.717, 1.165) is 47.7 Å². The van der Waals surface area contributed by atoms with Crippen LogP contribution in [-0.4, -0.2) is 19.0 Å². The first-order valence-corrected chi connectivity index (χ1v) is 8.72. The van der Waals surface area contributed by atoms with Crippen LogP contribution < -0.4 is 10.2 Å². The number of nitrogens with one attached hydrogen (secondary N) is 1. The van der Waals surface area contributed by atoms with E-state index in [9.17, 15) is 4.79 Å². The summed E-state index contributed by atoms with van der Waals surface area (Å²) in [4.78, 5) is 14.7. The van der Waals surface area contributed by atoms with Crippen molar-refractivity contribution in [2.24, 2.45) is 5.92 Å². The number of anilines is 2. The van der Waals surface area contributed by atoms with Gasteiger partial charge in [0, 0.05) is 17.6 Å². The summed E-state index contributed by atoms with van der Waals surface area (Å²) in [6.07, 6.45) is 2.28. The number of carbonyl (C=O) groups excluding carboxylic acids is 1. The Kier molecular flexibility index (Phi) is 4.91. The van der Waals surface area contributed by atoms with Crippen molar-refractivity contribution in [3.8, 4) is 6.07 Å². The van der Waals surface area contributed by atoms with Gasteiger partial charge in [0.2, 0.25) is 5.76 Å². The monoisotopic (exact) mass is 387 g/mol. The predicted octanol–water partition coefficient (Wildman–Crippen LogP) is 4.40. The molecule has 0 unspecified atom stereocenters. The van der Waals surface area contributed by atoms with Crippen molar-refractivity contribution in [2.45, 2.75) is 19.8 Å². The molecule has 1 aromatic carbocycles. The second-order valence-corrected chi connectivity index (χ2v) is 6.98. The van der Waals surface area contributed by atoms with E-state index in [2.05, 4.69) is 33.1 Å². The van der Waals surface area contributed by atoms with Gasteiger partial charge >= 0.3 is 0 Å². The molecule has 0 radical (unpaired) electrons. The summed E-state index contributed by atoms with van der Waals surface area (Å²) < 4.78 is 6.17. The maximum Gasteiger partial charge on any atom is 0.291 e. The average Bonchev–Trinajstić information content (AvgIpc) is 3.06. The molecule has 1 saturated heterocycles.